The average Bonchev–Trinajstić information content (AvgIpc) is 2.42. The van der Waals surface area contributed by atoms with Crippen LogP contribution in [0.4, 0.5) is 0 Å². The lowest BCUT2D eigenvalue weighted by molar-refractivity contribution is 0.180. The summed E-state index contributed by atoms with van der Waals surface area (Å²) in [6.45, 7) is 6.31. The Labute approximate surface area is 121 Å². The topological polar surface area (TPSA) is 66.8 Å². The largest absolute Gasteiger partial charge is 0.392 e. The lowest BCUT2D eigenvalue weighted by Crippen LogP contribution is -2.34. The predicted octanol–water partition coefficient (Wildman–Crippen LogP) is 1.45. The van der Waals surface area contributed by atoms with Crippen molar-refractivity contribution < 1.29 is 18.3 Å². The summed E-state index contributed by atoms with van der Waals surface area (Å²) in [7, 11) is -2.02. The summed E-state index contributed by atoms with van der Waals surface area (Å²) >= 11 is 0. The molecule has 6 heteroatoms. The Hall–Kier alpha value is -0.950. The zero-order valence-electron chi connectivity index (χ0n) is 12.5. The van der Waals surface area contributed by atoms with Gasteiger partial charge < -0.3 is 9.84 Å². The lowest BCUT2D eigenvalue weighted by atomic mass is 10.1. The van der Waals surface area contributed by atoms with E-state index in [-0.39, 0.29) is 11.5 Å². The van der Waals surface area contributed by atoms with E-state index in [0.717, 1.165) is 11.1 Å². The first-order chi connectivity index (χ1) is 9.38. The maximum absolute atomic E-state index is 12.7. The van der Waals surface area contributed by atoms with Crippen LogP contribution in [0.25, 0.3) is 0 Å². The Kier molecular flexibility index (Phi) is 6.13. The Bertz CT molecular complexity index is 555. The quantitative estimate of drug-likeness (QED) is 0.828. The summed E-state index contributed by atoms with van der Waals surface area (Å²) in [5, 5.41) is 9.25. The van der Waals surface area contributed by atoms with Crippen LogP contribution in [0.15, 0.2) is 17.0 Å². The Morgan fingerprint density at radius 3 is 2.45 bits per heavy atom. The molecule has 0 radical (unpaired) electrons. The molecule has 1 aromatic carbocycles. The molecular weight excluding hydrogens is 278 g/mol. The van der Waals surface area contributed by atoms with E-state index < -0.39 is 10.0 Å². The monoisotopic (exact) mass is 301 g/mol. The van der Waals surface area contributed by atoms with E-state index in [4.69, 9.17) is 4.74 Å². The molecule has 1 aromatic rings. The highest BCUT2D eigenvalue weighted by molar-refractivity contribution is 7.89. The van der Waals surface area contributed by atoms with E-state index in [2.05, 4.69) is 0 Å². The van der Waals surface area contributed by atoms with Gasteiger partial charge in [0.25, 0.3) is 0 Å². The van der Waals surface area contributed by atoms with Gasteiger partial charge >= 0.3 is 0 Å². The van der Waals surface area contributed by atoms with Crippen LogP contribution >= 0.6 is 0 Å². The summed E-state index contributed by atoms with van der Waals surface area (Å²) in [4.78, 5) is 0.263. The SMILES string of the molecule is CCN(CCOC)S(=O)(=O)c1cc(CO)cc(C)c1C. The molecule has 0 aliphatic heterocycles. The third-order valence-electron chi connectivity index (χ3n) is 3.38. The van der Waals surface area contributed by atoms with Crippen LogP contribution in [0.3, 0.4) is 0 Å². The highest BCUT2D eigenvalue weighted by Gasteiger charge is 2.25. The molecule has 0 aliphatic rings. The molecule has 0 aromatic heterocycles. The van der Waals surface area contributed by atoms with Gasteiger partial charge in [-0.05, 0) is 36.6 Å². The molecule has 0 unspecified atom stereocenters. The average molecular weight is 301 g/mol. The van der Waals surface area contributed by atoms with Crippen LogP contribution < -0.4 is 0 Å². The molecule has 0 saturated carbocycles. The fraction of sp³-hybridized carbons (Fsp3) is 0.571. The van der Waals surface area contributed by atoms with Gasteiger partial charge in [0.2, 0.25) is 10.0 Å². The van der Waals surface area contributed by atoms with Crippen molar-refractivity contribution in [1.29, 1.82) is 0 Å². The first kappa shape index (κ1) is 17.1. The summed E-state index contributed by atoms with van der Waals surface area (Å²) in [5.74, 6) is 0. The second-order valence-electron chi connectivity index (χ2n) is 4.68. The van der Waals surface area contributed by atoms with Crippen molar-refractivity contribution in [1.82, 2.24) is 4.31 Å². The van der Waals surface area contributed by atoms with Crippen LogP contribution in [-0.2, 0) is 21.4 Å². The number of hydrogen-bond acceptors (Lipinski definition) is 4. The van der Waals surface area contributed by atoms with E-state index in [9.17, 15) is 13.5 Å². The first-order valence-electron chi connectivity index (χ1n) is 6.58. The molecule has 1 N–H and O–H groups in total. The minimum atomic E-state index is -3.57. The summed E-state index contributed by atoms with van der Waals surface area (Å²) < 4.78 is 31.7. The minimum Gasteiger partial charge on any atom is -0.392 e. The van der Waals surface area contributed by atoms with Crippen molar-refractivity contribution in [2.75, 3.05) is 26.8 Å². The number of hydrogen-bond donors (Lipinski definition) is 1. The molecular formula is C14H23NO4S. The van der Waals surface area contributed by atoms with Crippen LogP contribution in [0.1, 0.15) is 23.6 Å². The van der Waals surface area contributed by atoms with E-state index in [1.54, 1.807) is 33.1 Å². The van der Waals surface area contributed by atoms with Crippen LogP contribution in [0, 0.1) is 13.8 Å². The van der Waals surface area contributed by atoms with E-state index in [0.29, 0.717) is 25.3 Å². The number of sulfonamides is 1. The molecule has 114 valence electrons. The molecule has 0 saturated heterocycles. The minimum absolute atomic E-state index is 0.173. The van der Waals surface area contributed by atoms with Gasteiger partial charge in [0, 0.05) is 20.2 Å². The smallest absolute Gasteiger partial charge is 0.243 e. The fourth-order valence-corrected chi connectivity index (χ4v) is 3.82. The van der Waals surface area contributed by atoms with Crippen molar-refractivity contribution in [3.63, 3.8) is 0 Å². The highest BCUT2D eigenvalue weighted by atomic mass is 32.2. The molecule has 0 fully saturated rings. The van der Waals surface area contributed by atoms with Gasteiger partial charge in [0.15, 0.2) is 0 Å². The Balaban J connectivity index is 3.29. The number of benzene rings is 1. The van der Waals surface area contributed by atoms with Crippen molar-refractivity contribution >= 4 is 10.0 Å². The standard InChI is InChI=1S/C14H23NO4S/c1-5-15(6-7-19-4)20(17,18)14-9-13(10-16)8-11(2)12(14)3/h8-9,16H,5-7,10H2,1-4H3. The van der Waals surface area contributed by atoms with E-state index >= 15 is 0 Å². The molecule has 20 heavy (non-hydrogen) atoms. The van der Waals surface area contributed by atoms with Crippen molar-refractivity contribution in [2.24, 2.45) is 0 Å². The number of methoxy groups -OCH3 is 1. The number of aliphatic hydroxyl groups excluding tert-OH is 1. The molecule has 0 atom stereocenters. The normalized spacial score (nSPS) is 12.1. The van der Waals surface area contributed by atoms with Gasteiger partial charge in [0.1, 0.15) is 0 Å². The summed E-state index contributed by atoms with van der Waals surface area (Å²) in [5.41, 5.74) is 2.19. The van der Waals surface area contributed by atoms with Gasteiger partial charge in [-0.25, -0.2) is 8.42 Å². The van der Waals surface area contributed by atoms with E-state index in [1.165, 1.54) is 4.31 Å². The second kappa shape index (κ2) is 7.17. The number of rotatable bonds is 7. The number of ether oxygens (including phenoxy) is 1. The van der Waals surface area contributed by atoms with Crippen LogP contribution in [-0.4, -0.2) is 44.6 Å². The molecule has 1 rings (SSSR count). The Morgan fingerprint density at radius 2 is 1.95 bits per heavy atom. The fourth-order valence-electron chi connectivity index (χ4n) is 2.04. The molecule has 0 heterocycles. The molecule has 0 amide bonds. The summed E-state index contributed by atoms with van der Waals surface area (Å²) in [6, 6.07) is 3.35. The van der Waals surface area contributed by atoms with Crippen molar-refractivity contribution in [3.8, 4) is 0 Å². The van der Waals surface area contributed by atoms with Crippen LogP contribution in [0.2, 0.25) is 0 Å². The predicted molar refractivity (Wildman–Crippen MR) is 78.1 cm³/mol. The molecule has 0 spiro atoms. The van der Waals surface area contributed by atoms with Gasteiger partial charge in [0.05, 0.1) is 18.1 Å². The Morgan fingerprint density at radius 1 is 1.30 bits per heavy atom. The van der Waals surface area contributed by atoms with E-state index in [1.807, 2.05) is 6.92 Å². The first-order valence-corrected chi connectivity index (χ1v) is 8.02. The van der Waals surface area contributed by atoms with Crippen molar-refractivity contribution in [3.05, 3.63) is 28.8 Å². The zero-order valence-corrected chi connectivity index (χ0v) is 13.3. The van der Waals surface area contributed by atoms with Crippen LogP contribution in [0.5, 0.6) is 0 Å². The molecule has 0 aliphatic carbocycles. The molecule has 0 bridgehead atoms. The van der Waals surface area contributed by atoms with Crippen molar-refractivity contribution in [2.45, 2.75) is 32.3 Å². The lowest BCUT2D eigenvalue weighted by Gasteiger charge is -2.22. The van der Waals surface area contributed by atoms with Gasteiger partial charge in [-0.2, -0.15) is 4.31 Å². The third-order valence-corrected chi connectivity index (χ3v) is 5.48. The van der Waals surface area contributed by atoms with Gasteiger partial charge in [-0.1, -0.05) is 13.0 Å². The van der Waals surface area contributed by atoms with Gasteiger partial charge in [-0.15, -0.1) is 0 Å². The maximum Gasteiger partial charge on any atom is 0.243 e. The maximum atomic E-state index is 12.7. The highest BCUT2D eigenvalue weighted by Crippen LogP contribution is 2.24. The second-order valence-corrected chi connectivity index (χ2v) is 6.59. The summed E-state index contributed by atoms with van der Waals surface area (Å²) in [6.07, 6.45) is 0. The number of likely N-dealkylation sites (N-methyl/N-ethyl adjacent to an activating group) is 1. The number of aliphatic hydroxyl groups is 1. The molecule has 5 nitrogen and oxygen atoms in total. The zero-order chi connectivity index (χ0) is 15.3. The number of nitrogens with zero attached hydrogens (tertiary/aromatic N) is 1. The number of aryl methyl sites for hydroxylation is 1. The third kappa shape index (κ3) is 3.58. The van der Waals surface area contributed by atoms with Gasteiger partial charge in [-0.3, -0.25) is 0 Å².